The Labute approximate surface area is 126 Å². The highest BCUT2D eigenvalue weighted by atomic mass is 16.3. The topological polar surface area (TPSA) is 79.2 Å². The maximum Gasteiger partial charge on any atom is 0.314 e. The molecule has 0 radical (unpaired) electrons. The summed E-state index contributed by atoms with van der Waals surface area (Å²) in [6.07, 6.45) is 1.14. The Bertz CT molecular complexity index is 468. The molecule has 120 valence electrons. The van der Waals surface area contributed by atoms with E-state index in [0.29, 0.717) is 19.5 Å². The van der Waals surface area contributed by atoms with Crippen LogP contribution in [-0.2, 0) is 13.5 Å². The number of rotatable bonds is 7. The summed E-state index contributed by atoms with van der Waals surface area (Å²) in [5, 5.41) is 19.3. The van der Waals surface area contributed by atoms with E-state index in [4.69, 9.17) is 0 Å². The first-order chi connectivity index (χ1) is 9.81. The molecule has 1 aromatic rings. The van der Waals surface area contributed by atoms with Gasteiger partial charge < -0.3 is 15.7 Å². The Balaban J connectivity index is 2.28. The number of nitrogens with one attached hydrogen (secondary N) is 2. The van der Waals surface area contributed by atoms with Crippen molar-refractivity contribution in [3.05, 3.63) is 17.0 Å². The first-order valence-electron chi connectivity index (χ1n) is 7.50. The number of amides is 2. The molecule has 0 aliphatic carbocycles. The summed E-state index contributed by atoms with van der Waals surface area (Å²) in [5.74, 6) is 0.263. The van der Waals surface area contributed by atoms with Gasteiger partial charge in [0.05, 0.1) is 11.8 Å². The zero-order valence-electron chi connectivity index (χ0n) is 13.7. The fourth-order valence-electron chi connectivity index (χ4n) is 2.48. The van der Waals surface area contributed by atoms with Crippen LogP contribution < -0.4 is 10.6 Å². The number of nitrogens with zero attached hydrogens (tertiary/aromatic N) is 2. The zero-order valence-corrected chi connectivity index (χ0v) is 13.7. The van der Waals surface area contributed by atoms with Crippen molar-refractivity contribution < 1.29 is 9.90 Å². The minimum Gasteiger partial charge on any atom is -0.393 e. The number of urea groups is 1. The fourth-order valence-corrected chi connectivity index (χ4v) is 2.48. The molecule has 0 bridgehead atoms. The van der Waals surface area contributed by atoms with Gasteiger partial charge in [-0.1, -0.05) is 6.92 Å². The summed E-state index contributed by atoms with van der Waals surface area (Å²) in [4.78, 5) is 11.7. The second-order valence-electron chi connectivity index (χ2n) is 5.85. The SMILES string of the molecule is Cc1nn(C)c(C)c1CCNC(=O)NCC(C)CC(C)O. The van der Waals surface area contributed by atoms with Crippen molar-refractivity contribution >= 4 is 6.03 Å². The molecule has 0 aliphatic rings. The summed E-state index contributed by atoms with van der Waals surface area (Å²) in [7, 11) is 1.93. The van der Waals surface area contributed by atoms with Crippen molar-refractivity contribution in [1.29, 1.82) is 0 Å². The van der Waals surface area contributed by atoms with Gasteiger partial charge in [0.15, 0.2) is 0 Å². The van der Waals surface area contributed by atoms with E-state index in [9.17, 15) is 9.90 Å². The van der Waals surface area contributed by atoms with Crippen molar-refractivity contribution in [3.63, 3.8) is 0 Å². The number of aliphatic hydroxyl groups is 1. The van der Waals surface area contributed by atoms with Gasteiger partial charge in [0, 0.05) is 25.8 Å². The predicted octanol–water partition coefficient (Wildman–Crippen LogP) is 1.29. The van der Waals surface area contributed by atoms with E-state index in [0.717, 1.165) is 17.8 Å². The quantitative estimate of drug-likeness (QED) is 0.709. The molecule has 1 rings (SSSR count). The molecule has 1 aromatic heterocycles. The molecule has 2 amide bonds. The van der Waals surface area contributed by atoms with Crippen molar-refractivity contribution in [2.45, 2.75) is 46.6 Å². The summed E-state index contributed by atoms with van der Waals surface area (Å²) in [5.41, 5.74) is 3.35. The van der Waals surface area contributed by atoms with Crippen LogP contribution in [0.15, 0.2) is 0 Å². The van der Waals surface area contributed by atoms with Crippen LogP contribution in [0.3, 0.4) is 0 Å². The predicted molar refractivity (Wildman–Crippen MR) is 83.2 cm³/mol. The van der Waals surface area contributed by atoms with Crippen LogP contribution in [0.1, 0.15) is 37.2 Å². The third kappa shape index (κ3) is 5.75. The van der Waals surface area contributed by atoms with Crippen molar-refractivity contribution in [3.8, 4) is 0 Å². The van der Waals surface area contributed by atoms with Gasteiger partial charge in [-0.15, -0.1) is 0 Å². The first-order valence-corrected chi connectivity index (χ1v) is 7.50. The second-order valence-corrected chi connectivity index (χ2v) is 5.85. The highest BCUT2D eigenvalue weighted by Crippen LogP contribution is 2.11. The molecule has 0 aliphatic heterocycles. The van der Waals surface area contributed by atoms with Gasteiger partial charge in [-0.25, -0.2) is 4.79 Å². The highest BCUT2D eigenvalue weighted by molar-refractivity contribution is 5.73. The lowest BCUT2D eigenvalue weighted by molar-refractivity contribution is 0.163. The van der Waals surface area contributed by atoms with Crippen LogP contribution in [0.5, 0.6) is 0 Å². The maximum atomic E-state index is 11.7. The lowest BCUT2D eigenvalue weighted by atomic mass is 10.1. The van der Waals surface area contributed by atoms with Crippen molar-refractivity contribution in [1.82, 2.24) is 20.4 Å². The van der Waals surface area contributed by atoms with Gasteiger partial charge >= 0.3 is 6.03 Å². The molecule has 0 spiro atoms. The Morgan fingerprint density at radius 3 is 2.52 bits per heavy atom. The Hall–Kier alpha value is -1.56. The molecule has 1 heterocycles. The number of carbonyl (C=O) groups is 1. The molecular formula is C15H28N4O2. The molecule has 0 saturated carbocycles. The van der Waals surface area contributed by atoms with E-state index in [-0.39, 0.29) is 18.1 Å². The van der Waals surface area contributed by atoms with E-state index < -0.39 is 0 Å². The van der Waals surface area contributed by atoms with Crippen LogP contribution in [0.2, 0.25) is 0 Å². The van der Waals surface area contributed by atoms with Crippen molar-refractivity contribution in [2.24, 2.45) is 13.0 Å². The van der Waals surface area contributed by atoms with Crippen LogP contribution >= 0.6 is 0 Å². The number of hydrogen-bond acceptors (Lipinski definition) is 3. The van der Waals surface area contributed by atoms with E-state index >= 15 is 0 Å². The smallest absolute Gasteiger partial charge is 0.314 e. The van der Waals surface area contributed by atoms with Crippen LogP contribution in [-0.4, -0.2) is 40.1 Å². The van der Waals surface area contributed by atoms with Gasteiger partial charge in [-0.3, -0.25) is 4.68 Å². The molecule has 0 aromatic carbocycles. The fraction of sp³-hybridized carbons (Fsp3) is 0.733. The Morgan fingerprint density at radius 2 is 2.00 bits per heavy atom. The molecular weight excluding hydrogens is 268 g/mol. The third-order valence-corrected chi connectivity index (χ3v) is 3.67. The molecule has 21 heavy (non-hydrogen) atoms. The monoisotopic (exact) mass is 296 g/mol. The molecule has 2 unspecified atom stereocenters. The summed E-state index contributed by atoms with van der Waals surface area (Å²) in [6, 6.07) is -0.161. The van der Waals surface area contributed by atoms with Crippen LogP contribution in [0.25, 0.3) is 0 Å². The second kappa shape index (κ2) is 8.02. The molecule has 2 atom stereocenters. The summed E-state index contributed by atoms with van der Waals surface area (Å²) < 4.78 is 1.86. The zero-order chi connectivity index (χ0) is 16.0. The van der Waals surface area contributed by atoms with E-state index in [1.807, 2.05) is 32.5 Å². The maximum absolute atomic E-state index is 11.7. The molecule has 6 heteroatoms. The lowest BCUT2D eigenvalue weighted by Crippen LogP contribution is -2.39. The minimum absolute atomic E-state index is 0.161. The molecule has 0 fully saturated rings. The Morgan fingerprint density at radius 1 is 1.33 bits per heavy atom. The lowest BCUT2D eigenvalue weighted by Gasteiger charge is -2.14. The average molecular weight is 296 g/mol. The van der Waals surface area contributed by atoms with Gasteiger partial charge in [-0.2, -0.15) is 5.10 Å². The number of carbonyl (C=O) groups excluding carboxylic acids is 1. The standard InChI is InChI=1S/C15H28N4O2/c1-10(8-11(2)20)9-17-15(21)16-7-6-14-12(3)18-19(5)13(14)4/h10-11,20H,6-9H2,1-5H3,(H2,16,17,21). The number of aromatic nitrogens is 2. The van der Waals surface area contributed by atoms with Gasteiger partial charge in [0.1, 0.15) is 0 Å². The van der Waals surface area contributed by atoms with Gasteiger partial charge in [0.2, 0.25) is 0 Å². The van der Waals surface area contributed by atoms with Crippen LogP contribution in [0.4, 0.5) is 4.79 Å². The Kier molecular flexibility index (Phi) is 6.68. The minimum atomic E-state index is -0.332. The number of aliphatic hydroxyl groups excluding tert-OH is 1. The molecule has 3 N–H and O–H groups in total. The third-order valence-electron chi connectivity index (χ3n) is 3.67. The van der Waals surface area contributed by atoms with Crippen LogP contribution in [0, 0.1) is 19.8 Å². The van der Waals surface area contributed by atoms with Crippen molar-refractivity contribution in [2.75, 3.05) is 13.1 Å². The number of aryl methyl sites for hydroxylation is 2. The molecule has 0 saturated heterocycles. The van der Waals surface area contributed by atoms with Gasteiger partial charge in [-0.05, 0) is 45.1 Å². The first kappa shape index (κ1) is 17.5. The summed E-state index contributed by atoms with van der Waals surface area (Å²) in [6.45, 7) is 8.95. The van der Waals surface area contributed by atoms with Gasteiger partial charge in [0.25, 0.3) is 0 Å². The normalized spacial score (nSPS) is 13.8. The van der Waals surface area contributed by atoms with E-state index in [1.54, 1.807) is 6.92 Å². The molecule has 6 nitrogen and oxygen atoms in total. The average Bonchev–Trinajstić information content (AvgIpc) is 2.62. The number of hydrogen-bond donors (Lipinski definition) is 3. The largest absolute Gasteiger partial charge is 0.393 e. The highest BCUT2D eigenvalue weighted by Gasteiger charge is 2.10. The summed E-state index contributed by atoms with van der Waals surface area (Å²) >= 11 is 0. The van der Waals surface area contributed by atoms with E-state index in [1.165, 1.54) is 5.56 Å². The van der Waals surface area contributed by atoms with E-state index in [2.05, 4.69) is 15.7 Å².